The van der Waals surface area contributed by atoms with Crippen molar-refractivity contribution in [3.63, 3.8) is 0 Å². The molecule has 0 fully saturated rings. The summed E-state index contributed by atoms with van der Waals surface area (Å²) in [5, 5.41) is 11.5. The fourth-order valence-electron chi connectivity index (χ4n) is 2.21. The molecule has 3 N–H and O–H groups in total. The lowest BCUT2D eigenvalue weighted by atomic mass is 10.2. The van der Waals surface area contributed by atoms with E-state index in [1.807, 2.05) is 0 Å². The standard InChI is InChI=1S/C17H26N4O7/c1-11-8-21(15(26)19-14(11)25)9-12(22)20(10-13(23)24)7-5-6-18-16(27)28-17(2,3)4/h8H,5-7,9-10H2,1-4H3,(H,18,27)(H,23,24)(H,19,25,26). The highest BCUT2D eigenvalue weighted by Crippen LogP contribution is 2.06. The molecule has 1 heterocycles. The van der Waals surface area contributed by atoms with Gasteiger partial charge >= 0.3 is 17.8 Å². The Labute approximate surface area is 161 Å². The Morgan fingerprint density at radius 3 is 2.50 bits per heavy atom. The van der Waals surface area contributed by atoms with Gasteiger partial charge in [-0.05, 0) is 34.1 Å². The van der Waals surface area contributed by atoms with Gasteiger partial charge in [0.15, 0.2) is 0 Å². The summed E-state index contributed by atoms with van der Waals surface area (Å²) >= 11 is 0. The zero-order valence-electron chi connectivity index (χ0n) is 16.4. The van der Waals surface area contributed by atoms with Crippen LogP contribution >= 0.6 is 0 Å². The minimum absolute atomic E-state index is 0.0536. The molecular formula is C17H26N4O7. The van der Waals surface area contributed by atoms with Crippen LogP contribution in [0.25, 0.3) is 0 Å². The highest BCUT2D eigenvalue weighted by molar-refractivity contribution is 5.81. The third-order valence-corrected chi connectivity index (χ3v) is 3.45. The first-order chi connectivity index (χ1) is 12.9. The number of hydrogen-bond donors (Lipinski definition) is 3. The van der Waals surface area contributed by atoms with Crippen molar-refractivity contribution in [3.8, 4) is 0 Å². The van der Waals surface area contributed by atoms with Crippen LogP contribution in [0.2, 0.25) is 0 Å². The number of carboxylic acids is 1. The number of aryl methyl sites for hydroxylation is 1. The van der Waals surface area contributed by atoms with Gasteiger partial charge in [0.1, 0.15) is 18.7 Å². The van der Waals surface area contributed by atoms with E-state index in [0.717, 1.165) is 9.47 Å². The number of aromatic amines is 1. The molecule has 11 nitrogen and oxygen atoms in total. The molecule has 28 heavy (non-hydrogen) atoms. The normalized spacial score (nSPS) is 11.0. The van der Waals surface area contributed by atoms with E-state index in [0.29, 0.717) is 0 Å². The summed E-state index contributed by atoms with van der Waals surface area (Å²) in [4.78, 5) is 61.3. The maximum atomic E-state index is 12.4. The molecule has 0 aliphatic carbocycles. The quantitative estimate of drug-likeness (QED) is 0.507. The summed E-state index contributed by atoms with van der Waals surface area (Å²) < 4.78 is 6.08. The third-order valence-electron chi connectivity index (χ3n) is 3.45. The van der Waals surface area contributed by atoms with Crippen molar-refractivity contribution in [2.75, 3.05) is 19.6 Å². The van der Waals surface area contributed by atoms with Gasteiger partial charge in [-0.3, -0.25) is 23.9 Å². The van der Waals surface area contributed by atoms with Gasteiger partial charge in [-0.25, -0.2) is 9.59 Å². The van der Waals surface area contributed by atoms with E-state index < -0.39 is 47.9 Å². The molecule has 156 valence electrons. The van der Waals surface area contributed by atoms with Gasteiger partial charge in [-0.15, -0.1) is 0 Å². The SMILES string of the molecule is Cc1cn(CC(=O)N(CCCNC(=O)OC(C)(C)C)CC(=O)O)c(=O)[nH]c1=O. The highest BCUT2D eigenvalue weighted by atomic mass is 16.6. The van der Waals surface area contributed by atoms with E-state index in [1.165, 1.54) is 13.1 Å². The fraction of sp³-hybridized carbons (Fsp3) is 0.588. The van der Waals surface area contributed by atoms with E-state index in [2.05, 4.69) is 10.3 Å². The number of hydrogen-bond acceptors (Lipinski definition) is 6. The Hall–Kier alpha value is -3.11. The predicted octanol–water partition coefficient (Wildman–Crippen LogP) is -0.327. The smallest absolute Gasteiger partial charge is 0.407 e. The minimum Gasteiger partial charge on any atom is -0.480 e. The number of carbonyl (C=O) groups excluding carboxylic acids is 2. The molecule has 0 saturated carbocycles. The molecule has 0 aliphatic rings. The van der Waals surface area contributed by atoms with Crippen LogP contribution < -0.4 is 16.6 Å². The van der Waals surface area contributed by atoms with Gasteiger partial charge < -0.3 is 20.1 Å². The van der Waals surface area contributed by atoms with Gasteiger partial charge in [0, 0.05) is 24.8 Å². The Morgan fingerprint density at radius 2 is 1.93 bits per heavy atom. The first-order valence-electron chi connectivity index (χ1n) is 8.66. The molecule has 0 aromatic carbocycles. The van der Waals surface area contributed by atoms with Gasteiger partial charge in [-0.2, -0.15) is 0 Å². The first kappa shape index (κ1) is 22.9. The number of nitrogens with one attached hydrogen (secondary N) is 2. The molecule has 0 saturated heterocycles. The third kappa shape index (κ3) is 8.06. The average Bonchev–Trinajstić information content (AvgIpc) is 2.53. The van der Waals surface area contributed by atoms with Crippen LogP contribution in [-0.4, -0.2) is 62.8 Å². The topological polar surface area (TPSA) is 151 Å². The summed E-state index contributed by atoms with van der Waals surface area (Å²) in [7, 11) is 0. The van der Waals surface area contributed by atoms with Crippen molar-refractivity contribution in [1.82, 2.24) is 19.8 Å². The number of H-pyrrole nitrogens is 1. The van der Waals surface area contributed by atoms with Gasteiger partial charge in [0.25, 0.3) is 5.56 Å². The molecule has 0 spiro atoms. The fourth-order valence-corrected chi connectivity index (χ4v) is 2.21. The molecule has 0 radical (unpaired) electrons. The molecule has 2 amide bonds. The molecular weight excluding hydrogens is 372 g/mol. The van der Waals surface area contributed by atoms with E-state index in [9.17, 15) is 24.0 Å². The summed E-state index contributed by atoms with van der Waals surface area (Å²) in [6, 6.07) is 0. The van der Waals surface area contributed by atoms with Crippen molar-refractivity contribution in [2.45, 2.75) is 46.3 Å². The highest BCUT2D eigenvalue weighted by Gasteiger charge is 2.19. The predicted molar refractivity (Wildman–Crippen MR) is 99.1 cm³/mol. The number of ether oxygens (including phenoxy) is 1. The zero-order chi connectivity index (χ0) is 21.5. The van der Waals surface area contributed by atoms with Gasteiger partial charge in [0.05, 0.1) is 0 Å². The minimum atomic E-state index is -1.21. The van der Waals surface area contributed by atoms with Crippen LogP contribution in [0.5, 0.6) is 0 Å². The van der Waals surface area contributed by atoms with Crippen molar-refractivity contribution in [2.24, 2.45) is 0 Å². The summed E-state index contributed by atoms with van der Waals surface area (Å²) in [5.41, 5.74) is -1.70. The van der Waals surface area contributed by atoms with E-state index in [1.54, 1.807) is 20.8 Å². The molecule has 11 heteroatoms. The molecule has 0 unspecified atom stereocenters. The number of carbonyl (C=O) groups is 3. The largest absolute Gasteiger partial charge is 0.480 e. The molecule has 0 aliphatic heterocycles. The lowest BCUT2D eigenvalue weighted by molar-refractivity contribution is -0.144. The second kappa shape index (κ2) is 9.72. The second-order valence-corrected chi connectivity index (χ2v) is 7.19. The van der Waals surface area contributed by atoms with Crippen molar-refractivity contribution < 1.29 is 24.2 Å². The Morgan fingerprint density at radius 1 is 1.29 bits per heavy atom. The molecule has 0 bridgehead atoms. The number of amides is 2. The second-order valence-electron chi connectivity index (χ2n) is 7.19. The monoisotopic (exact) mass is 398 g/mol. The van der Waals surface area contributed by atoms with Crippen LogP contribution in [0.15, 0.2) is 15.8 Å². The van der Waals surface area contributed by atoms with Gasteiger partial charge in [0.2, 0.25) is 5.91 Å². The zero-order valence-corrected chi connectivity index (χ0v) is 16.4. The summed E-state index contributed by atoms with van der Waals surface area (Å²) in [6.45, 7) is 5.91. The van der Waals surface area contributed by atoms with Crippen LogP contribution in [0.3, 0.4) is 0 Å². The van der Waals surface area contributed by atoms with Crippen LogP contribution in [-0.2, 0) is 20.9 Å². The maximum Gasteiger partial charge on any atom is 0.407 e. The molecule has 0 atom stereocenters. The number of aliphatic carboxylic acids is 1. The number of nitrogens with zero attached hydrogens (tertiary/aromatic N) is 2. The average molecular weight is 398 g/mol. The van der Waals surface area contributed by atoms with Crippen LogP contribution in [0, 0.1) is 6.92 Å². The van der Waals surface area contributed by atoms with Gasteiger partial charge in [-0.1, -0.05) is 0 Å². The molecule has 1 aromatic heterocycles. The lowest BCUT2D eigenvalue weighted by Gasteiger charge is -2.22. The van der Waals surface area contributed by atoms with E-state index >= 15 is 0 Å². The Kier molecular flexibility index (Phi) is 7.96. The molecule has 1 aromatic rings. The summed E-state index contributed by atoms with van der Waals surface area (Å²) in [5.74, 6) is -1.81. The molecule has 1 rings (SSSR count). The first-order valence-corrected chi connectivity index (χ1v) is 8.66. The maximum absolute atomic E-state index is 12.4. The lowest BCUT2D eigenvalue weighted by Crippen LogP contribution is -2.42. The van der Waals surface area contributed by atoms with Crippen LogP contribution in [0.4, 0.5) is 4.79 Å². The number of carboxylic acid groups (broad SMARTS) is 1. The number of aromatic nitrogens is 2. The summed E-state index contributed by atoms with van der Waals surface area (Å²) in [6.07, 6.45) is 0.916. The van der Waals surface area contributed by atoms with E-state index in [-0.39, 0.29) is 25.1 Å². The van der Waals surface area contributed by atoms with Crippen molar-refractivity contribution in [1.29, 1.82) is 0 Å². The van der Waals surface area contributed by atoms with Crippen LogP contribution in [0.1, 0.15) is 32.8 Å². The Bertz CT molecular complexity index is 835. The van der Waals surface area contributed by atoms with Crippen molar-refractivity contribution >= 4 is 18.0 Å². The number of rotatable bonds is 8. The van der Waals surface area contributed by atoms with Crippen molar-refractivity contribution in [3.05, 3.63) is 32.6 Å². The van der Waals surface area contributed by atoms with E-state index in [4.69, 9.17) is 9.84 Å². The number of alkyl carbamates (subject to hydrolysis) is 1. The Balaban J connectivity index is 2.67.